The van der Waals surface area contributed by atoms with E-state index in [1.54, 1.807) is 7.11 Å². The zero-order valence-electron chi connectivity index (χ0n) is 13.6. The summed E-state index contributed by atoms with van der Waals surface area (Å²) >= 11 is 0. The predicted molar refractivity (Wildman–Crippen MR) is 90.3 cm³/mol. The van der Waals surface area contributed by atoms with Gasteiger partial charge < -0.3 is 9.47 Å². The van der Waals surface area contributed by atoms with Crippen LogP contribution in [0.4, 0.5) is 0 Å². The molecule has 0 N–H and O–H groups in total. The Morgan fingerprint density at radius 1 is 1.22 bits per heavy atom. The SMILES string of the molecule is COc1cccc(CN(Cc2ccccn2)CC2CCCO2)c1. The van der Waals surface area contributed by atoms with E-state index >= 15 is 0 Å². The van der Waals surface area contributed by atoms with Crippen molar-refractivity contribution in [1.29, 1.82) is 0 Å². The second kappa shape index (κ2) is 8.09. The Morgan fingerprint density at radius 2 is 2.17 bits per heavy atom. The average Bonchev–Trinajstić information content (AvgIpc) is 3.09. The maximum Gasteiger partial charge on any atom is 0.119 e. The molecule has 0 amide bonds. The highest BCUT2D eigenvalue weighted by atomic mass is 16.5. The van der Waals surface area contributed by atoms with E-state index in [9.17, 15) is 0 Å². The first-order valence-corrected chi connectivity index (χ1v) is 8.20. The van der Waals surface area contributed by atoms with Crippen LogP contribution in [0.1, 0.15) is 24.1 Å². The molecule has 0 aliphatic carbocycles. The summed E-state index contributed by atoms with van der Waals surface area (Å²) in [6.07, 6.45) is 4.51. The molecular formula is C19H24N2O2. The fraction of sp³-hybridized carbons (Fsp3) is 0.421. The van der Waals surface area contributed by atoms with Gasteiger partial charge in [-0.25, -0.2) is 0 Å². The normalized spacial score (nSPS) is 17.6. The van der Waals surface area contributed by atoms with Gasteiger partial charge in [-0.1, -0.05) is 18.2 Å². The maximum absolute atomic E-state index is 5.82. The molecule has 0 radical (unpaired) electrons. The number of rotatable bonds is 7. The largest absolute Gasteiger partial charge is 0.497 e. The van der Waals surface area contributed by atoms with Crippen LogP contribution in [-0.4, -0.2) is 36.2 Å². The zero-order valence-corrected chi connectivity index (χ0v) is 13.6. The summed E-state index contributed by atoms with van der Waals surface area (Å²) in [5.41, 5.74) is 2.34. The molecule has 1 atom stereocenters. The van der Waals surface area contributed by atoms with Crippen molar-refractivity contribution in [2.45, 2.75) is 32.0 Å². The Balaban J connectivity index is 1.70. The summed E-state index contributed by atoms with van der Waals surface area (Å²) in [5.74, 6) is 0.900. The Morgan fingerprint density at radius 3 is 2.91 bits per heavy atom. The Hall–Kier alpha value is -1.91. The molecule has 0 saturated carbocycles. The topological polar surface area (TPSA) is 34.6 Å². The van der Waals surface area contributed by atoms with Gasteiger partial charge in [0, 0.05) is 32.4 Å². The molecule has 1 aliphatic heterocycles. The van der Waals surface area contributed by atoms with Crippen molar-refractivity contribution in [3.05, 3.63) is 59.9 Å². The molecule has 1 fully saturated rings. The monoisotopic (exact) mass is 312 g/mol. The van der Waals surface area contributed by atoms with Crippen LogP contribution in [-0.2, 0) is 17.8 Å². The second-order valence-electron chi connectivity index (χ2n) is 5.98. The van der Waals surface area contributed by atoms with E-state index in [1.807, 2.05) is 30.5 Å². The quantitative estimate of drug-likeness (QED) is 0.786. The molecule has 1 unspecified atom stereocenters. The molecule has 4 nitrogen and oxygen atoms in total. The summed E-state index contributed by atoms with van der Waals surface area (Å²) in [4.78, 5) is 6.87. The van der Waals surface area contributed by atoms with Crippen LogP contribution in [0.15, 0.2) is 48.7 Å². The van der Waals surface area contributed by atoms with Gasteiger partial charge in [0.2, 0.25) is 0 Å². The number of methoxy groups -OCH3 is 1. The van der Waals surface area contributed by atoms with Gasteiger partial charge in [0.15, 0.2) is 0 Å². The summed E-state index contributed by atoms with van der Waals surface area (Å²) in [5, 5.41) is 0. The maximum atomic E-state index is 5.82. The highest BCUT2D eigenvalue weighted by Gasteiger charge is 2.20. The molecule has 0 spiro atoms. The molecule has 122 valence electrons. The molecular weight excluding hydrogens is 288 g/mol. The number of ether oxygens (including phenoxy) is 2. The third-order valence-corrected chi connectivity index (χ3v) is 4.14. The minimum Gasteiger partial charge on any atom is -0.497 e. The third-order valence-electron chi connectivity index (χ3n) is 4.14. The number of benzene rings is 1. The lowest BCUT2D eigenvalue weighted by Crippen LogP contribution is -2.31. The number of pyridine rings is 1. The van der Waals surface area contributed by atoms with Gasteiger partial charge in [-0.2, -0.15) is 0 Å². The first-order chi connectivity index (χ1) is 11.3. The highest BCUT2D eigenvalue weighted by Crippen LogP contribution is 2.19. The minimum absolute atomic E-state index is 0.337. The summed E-state index contributed by atoms with van der Waals surface area (Å²) in [7, 11) is 1.71. The smallest absolute Gasteiger partial charge is 0.119 e. The van der Waals surface area contributed by atoms with Gasteiger partial charge >= 0.3 is 0 Å². The zero-order chi connectivity index (χ0) is 15.9. The minimum atomic E-state index is 0.337. The van der Waals surface area contributed by atoms with Gasteiger partial charge in [-0.15, -0.1) is 0 Å². The van der Waals surface area contributed by atoms with Crippen molar-refractivity contribution in [3.8, 4) is 5.75 Å². The van der Waals surface area contributed by atoms with Crippen LogP contribution in [0.25, 0.3) is 0 Å². The number of nitrogens with zero attached hydrogens (tertiary/aromatic N) is 2. The van der Waals surface area contributed by atoms with Gasteiger partial charge in [-0.05, 0) is 42.7 Å². The third kappa shape index (κ3) is 4.78. The van der Waals surface area contributed by atoms with Crippen molar-refractivity contribution in [1.82, 2.24) is 9.88 Å². The van der Waals surface area contributed by atoms with E-state index in [0.29, 0.717) is 6.10 Å². The van der Waals surface area contributed by atoms with Crippen molar-refractivity contribution in [2.24, 2.45) is 0 Å². The van der Waals surface area contributed by atoms with E-state index in [1.165, 1.54) is 12.0 Å². The fourth-order valence-corrected chi connectivity index (χ4v) is 3.01. The lowest BCUT2D eigenvalue weighted by Gasteiger charge is -2.25. The van der Waals surface area contributed by atoms with Crippen LogP contribution >= 0.6 is 0 Å². The van der Waals surface area contributed by atoms with E-state index in [0.717, 1.165) is 44.1 Å². The number of hydrogen-bond acceptors (Lipinski definition) is 4. The molecule has 2 heterocycles. The van der Waals surface area contributed by atoms with Crippen molar-refractivity contribution in [3.63, 3.8) is 0 Å². The number of aromatic nitrogens is 1. The molecule has 3 rings (SSSR count). The molecule has 1 saturated heterocycles. The van der Waals surface area contributed by atoms with Crippen LogP contribution in [0.3, 0.4) is 0 Å². The number of hydrogen-bond donors (Lipinski definition) is 0. The highest BCUT2D eigenvalue weighted by molar-refractivity contribution is 5.28. The Kier molecular flexibility index (Phi) is 5.61. The predicted octanol–water partition coefficient (Wildman–Crippen LogP) is 3.27. The lowest BCUT2D eigenvalue weighted by molar-refractivity contribution is 0.0674. The summed E-state index contributed by atoms with van der Waals surface area (Å²) in [6.45, 7) is 3.53. The van der Waals surface area contributed by atoms with Crippen LogP contribution in [0, 0.1) is 0 Å². The molecule has 1 aromatic carbocycles. The van der Waals surface area contributed by atoms with Crippen molar-refractivity contribution >= 4 is 0 Å². The molecule has 4 heteroatoms. The first-order valence-electron chi connectivity index (χ1n) is 8.20. The molecule has 0 bridgehead atoms. The summed E-state index contributed by atoms with van der Waals surface area (Å²) in [6, 6.07) is 14.3. The molecule has 2 aromatic rings. The summed E-state index contributed by atoms with van der Waals surface area (Å²) < 4.78 is 11.1. The lowest BCUT2D eigenvalue weighted by atomic mass is 10.1. The van der Waals surface area contributed by atoms with E-state index in [-0.39, 0.29) is 0 Å². The van der Waals surface area contributed by atoms with E-state index < -0.39 is 0 Å². The molecule has 23 heavy (non-hydrogen) atoms. The van der Waals surface area contributed by atoms with Gasteiger partial charge in [0.05, 0.1) is 18.9 Å². The van der Waals surface area contributed by atoms with Gasteiger partial charge in [0.1, 0.15) is 5.75 Å². The molecule has 1 aromatic heterocycles. The van der Waals surface area contributed by atoms with Crippen molar-refractivity contribution in [2.75, 3.05) is 20.3 Å². The van der Waals surface area contributed by atoms with E-state index in [2.05, 4.69) is 28.1 Å². The molecule has 1 aliphatic rings. The second-order valence-corrected chi connectivity index (χ2v) is 5.98. The van der Waals surface area contributed by atoms with Crippen molar-refractivity contribution < 1.29 is 9.47 Å². The van der Waals surface area contributed by atoms with Crippen LogP contribution in [0.5, 0.6) is 5.75 Å². The van der Waals surface area contributed by atoms with Crippen LogP contribution in [0.2, 0.25) is 0 Å². The first kappa shape index (κ1) is 16.0. The van der Waals surface area contributed by atoms with Crippen LogP contribution < -0.4 is 4.74 Å². The standard InChI is InChI=1S/C19H24N2O2/c1-22-18-8-4-6-16(12-18)13-21(15-19-9-5-11-23-19)14-17-7-2-3-10-20-17/h2-4,6-8,10,12,19H,5,9,11,13-15H2,1H3. The fourth-order valence-electron chi connectivity index (χ4n) is 3.01. The Labute approximate surface area is 138 Å². The van der Waals surface area contributed by atoms with Gasteiger partial charge in [-0.3, -0.25) is 9.88 Å². The van der Waals surface area contributed by atoms with E-state index in [4.69, 9.17) is 9.47 Å². The Bertz CT molecular complexity index is 597. The average molecular weight is 312 g/mol. The van der Waals surface area contributed by atoms with Gasteiger partial charge in [0.25, 0.3) is 0 Å².